The maximum atomic E-state index is 12.1. The quantitative estimate of drug-likeness (QED) is 0.920. The molecule has 3 nitrogen and oxygen atoms in total. The molecule has 0 radical (unpaired) electrons. The first-order chi connectivity index (χ1) is 10.2. The number of hydrogen-bond acceptors (Lipinski definition) is 2. The first-order valence-electron chi connectivity index (χ1n) is 8.26. The molecule has 3 rings (SSSR count). The third kappa shape index (κ3) is 2.84. The molecule has 2 fully saturated rings. The molecule has 1 saturated carbocycles. The lowest BCUT2D eigenvalue weighted by Crippen LogP contribution is -2.39. The van der Waals surface area contributed by atoms with Crippen molar-refractivity contribution in [3.63, 3.8) is 0 Å². The van der Waals surface area contributed by atoms with E-state index in [-0.39, 0.29) is 0 Å². The van der Waals surface area contributed by atoms with Crippen LogP contribution in [0.4, 0.5) is 0 Å². The molecule has 0 amide bonds. The van der Waals surface area contributed by atoms with Gasteiger partial charge in [-0.05, 0) is 49.9 Å². The Labute approximate surface area is 127 Å². The van der Waals surface area contributed by atoms with Crippen molar-refractivity contribution in [3.8, 4) is 0 Å². The molecule has 114 valence electrons. The van der Waals surface area contributed by atoms with E-state index in [1.165, 1.54) is 24.8 Å². The second-order valence-electron chi connectivity index (χ2n) is 6.59. The molecule has 1 aliphatic heterocycles. The zero-order valence-electron chi connectivity index (χ0n) is 12.7. The van der Waals surface area contributed by atoms with Crippen LogP contribution in [-0.2, 0) is 16.8 Å². The number of hydrogen-bond donors (Lipinski definition) is 1. The summed E-state index contributed by atoms with van der Waals surface area (Å²) in [5, 5.41) is 9.91. The molecule has 1 saturated heterocycles. The van der Waals surface area contributed by atoms with E-state index in [1.807, 2.05) is 12.1 Å². The summed E-state index contributed by atoms with van der Waals surface area (Å²) in [5.74, 6) is -0.629. The summed E-state index contributed by atoms with van der Waals surface area (Å²) >= 11 is 0. The second-order valence-corrected chi connectivity index (χ2v) is 6.59. The monoisotopic (exact) mass is 287 g/mol. The van der Waals surface area contributed by atoms with Gasteiger partial charge in [0.25, 0.3) is 0 Å². The number of benzene rings is 1. The predicted octanol–water partition coefficient (Wildman–Crippen LogP) is 3.57. The van der Waals surface area contributed by atoms with E-state index in [0.717, 1.165) is 50.9 Å². The van der Waals surface area contributed by atoms with Crippen molar-refractivity contribution < 1.29 is 9.90 Å². The van der Waals surface area contributed by atoms with Gasteiger partial charge < -0.3 is 5.11 Å². The van der Waals surface area contributed by atoms with Crippen molar-refractivity contribution >= 4 is 5.97 Å². The zero-order valence-corrected chi connectivity index (χ0v) is 12.7. The summed E-state index contributed by atoms with van der Waals surface area (Å²) in [7, 11) is 0. The lowest BCUT2D eigenvalue weighted by Gasteiger charge is -2.35. The van der Waals surface area contributed by atoms with Gasteiger partial charge in [-0.3, -0.25) is 9.69 Å². The Morgan fingerprint density at radius 2 is 1.71 bits per heavy atom. The van der Waals surface area contributed by atoms with Gasteiger partial charge >= 0.3 is 5.97 Å². The number of carbonyl (C=O) groups is 1. The first-order valence-corrected chi connectivity index (χ1v) is 8.26. The Kier molecular flexibility index (Phi) is 4.29. The Bertz CT molecular complexity index is 500. The van der Waals surface area contributed by atoms with Crippen molar-refractivity contribution in [3.05, 3.63) is 35.4 Å². The minimum Gasteiger partial charge on any atom is -0.481 e. The van der Waals surface area contributed by atoms with Crippen LogP contribution in [0.1, 0.15) is 56.1 Å². The van der Waals surface area contributed by atoms with Gasteiger partial charge in [0.2, 0.25) is 0 Å². The van der Waals surface area contributed by atoms with Crippen LogP contribution < -0.4 is 0 Å². The summed E-state index contributed by atoms with van der Waals surface area (Å²) in [6, 6.07) is 8.24. The highest BCUT2D eigenvalue weighted by molar-refractivity contribution is 5.82. The van der Waals surface area contributed by atoms with Gasteiger partial charge in [-0.2, -0.15) is 0 Å². The molecule has 1 aromatic carbocycles. The van der Waals surface area contributed by atoms with Crippen LogP contribution >= 0.6 is 0 Å². The molecule has 3 heteroatoms. The van der Waals surface area contributed by atoms with E-state index < -0.39 is 11.4 Å². The predicted molar refractivity (Wildman–Crippen MR) is 83.4 cm³/mol. The largest absolute Gasteiger partial charge is 0.481 e. The Morgan fingerprint density at radius 1 is 1.05 bits per heavy atom. The van der Waals surface area contributed by atoms with Gasteiger partial charge in [-0.15, -0.1) is 0 Å². The maximum absolute atomic E-state index is 12.1. The van der Waals surface area contributed by atoms with Gasteiger partial charge in [0.1, 0.15) is 0 Å². The highest BCUT2D eigenvalue weighted by Gasteiger charge is 2.42. The molecular weight excluding hydrogens is 262 g/mol. The molecule has 1 N–H and O–H groups in total. The van der Waals surface area contributed by atoms with E-state index in [0.29, 0.717) is 0 Å². The number of likely N-dealkylation sites (tertiary alicyclic amines) is 1. The van der Waals surface area contributed by atoms with Crippen molar-refractivity contribution in [2.45, 2.75) is 56.9 Å². The van der Waals surface area contributed by atoms with Crippen LogP contribution in [0.2, 0.25) is 0 Å². The highest BCUT2D eigenvalue weighted by Crippen LogP contribution is 2.41. The number of aliphatic carboxylic acids is 1. The highest BCUT2D eigenvalue weighted by atomic mass is 16.4. The maximum Gasteiger partial charge on any atom is 0.314 e. The van der Waals surface area contributed by atoms with Crippen molar-refractivity contribution in [1.82, 2.24) is 4.90 Å². The first kappa shape index (κ1) is 14.6. The van der Waals surface area contributed by atoms with Crippen molar-refractivity contribution in [1.29, 1.82) is 0 Å². The van der Waals surface area contributed by atoms with Crippen LogP contribution in [0, 0.1) is 0 Å². The van der Waals surface area contributed by atoms with E-state index in [2.05, 4.69) is 17.0 Å². The summed E-state index contributed by atoms with van der Waals surface area (Å²) < 4.78 is 0. The fraction of sp³-hybridized carbons (Fsp3) is 0.611. The number of carboxylic acid groups (broad SMARTS) is 1. The lowest BCUT2D eigenvalue weighted by atomic mass is 9.68. The van der Waals surface area contributed by atoms with E-state index in [1.54, 1.807) is 0 Å². The fourth-order valence-corrected chi connectivity index (χ4v) is 4.06. The summed E-state index contributed by atoms with van der Waals surface area (Å²) in [6.45, 7) is 3.20. The number of carboxylic acids is 1. The zero-order chi connectivity index (χ0) is 14.7. The molecule has 0 atom stereocenters. The van der Waals surface area contributed by atoms with Gasteiger partial charge in [-0.1, -0.05) is 43.5 Å². The minimum absolute atomic E-state index is 0.629. The summed E-state index contributed by atoms with van der Waals surface area (Å²) in [6.07, 6.45) is 7.36. The summed E-state index contributed by atoms with van der Waals surface area (Å²) in [5.41, 5.74) is 1.65. The molecular formula is C18H25NO2. The molecule has 0 aromatic heterocycles. The van der Waals surface area contributed by atoms with Crippen LogP contribution in [-0.4, -0.2) is 29.1 Å². The third-order valence-electron chi connectivity index (χ3n) is 5.24. The smallest absolute Gasteiger partial charge is 0.314 e. The molecule has 0 bridgehead atoms. The standard InChI is InChI=1S/C18H25NO2/c20-17(21)18(10-4-1-5-11-18)16-9-3-2-8-15(16)14-19-12-6-7-13-19/h2-3,8-9H,1,4-7,10-14H2,(H,20,21). The molecule has 0 spiro atoms. The van der Waals surface area contributed by atoms with E-state index in [4.69, 9.17) is 0 Å². The van der Waals surface area contributed by atoms with E-state index >= 15 is 0 Å². The molecule has 2 aliphatic rings. The van der Waals surface area contributed by atoms with Crippen LogP contribution in [0.5, 0.6) is 0 Å². The lowest BCUT2D eigenvalue weighted by molar-refractivity contribution is -0.145. The van der Waals surface area contributed by atoms with Gasteiger partial charge in [0.15, 0.2) is 0 Å². The SMILES string of the molecule is O=C(O)C1(c2ccccc2CN2CCCC2)CCCCC1. The molecule has 0 unspecified atom stereocenters. The minimum atomic E-state index is -0.644. The van der Waals surface area contributed by atoms with Gasteiger partial charge in [0.05, 0.1) is 5.41 Å². The topological polar surface area (TPSA) is 40.5 Å². The average Bonchev–Trinajstić information content (AvgIpc) is 3.01. The molecule has 21 heavy (non-hydrogen) atoms. The molecule has 1 heterocycles. The number of nitrogens with zero attached hydrogens (tertiary/aromatic N) is 1. The van der Waals surface area contributed by atoms with Crippen LogP contribution in [0.25, 0.3) is 0 Å². The van der Waals surface area contributed by atoms with Crippen molar-refractivity contribution in [2.75, 3.05) is 13.1 Å². The van der Waals surface area contributed by atoms with Crippen molar-refractivity contribution in [2.24, 2.45) is 0 Å². The van der Waals surface area contributed by atoms with Crippen LogP contribution in [0.3, 0.4) is 0 Å². The van der Waals surface area contributed by atoms with Gasteiger partial charge in [0, 0.05) is 6.54 Å². The number of rotatable bonds is 4. The van der Waals surface area contributed by atoms with Gasteiger partial charge in [-0.25, -0.2) is 0 Å². The fourth-order valence-electron chi connectivity index (χ4n) is 4.06. The Hall–Kier alpha value is -1.35. The third-order valence-corrected chi connectivity index (χ3v) is 5.24. The Morgan fingerprint density at radius 3 is 2.38 bits per heavy atom. The summed E-state index contributed by atoms with van der Waals surface area (Å²) in [4.78, 5) is 14.5. The molecule has 1 aliphatic carbocycles. The average molecular weight is 287 g/mol. The van der Waals surface area contributed by atoms with E-state index in [9.17, 15) is 9.90 Å². The molecule has 1 aromatic rings. The van der Waals surface area contributed by atoms with Crippen LogP contribution in [0.15, 0.2) is 24.3 Å². The normalized spacial score (nSPS) is 22.3. The second kappa shape index (κ2) is 6.18. The Balaban J connectivity index is 1.93.